The molecule has 6 nitrogen and oxygen atoms in total. The molecule has 1 fully saturated rings. The van der Waals surface area contributed by atoms with E-state index in [0.717, 1.165) is 50.0 Å². The van der Waals surface area contributed by atoms with E-state index in [1.54, 1.807) is 18.4 Å². The number of ether oxygens (including phenoxy) is 1. The van der Waals surface area contributed by atoms with Crippen molar-refractivity contribution in [2.24, 2.45) is 4.99 Å². The first-order valence-electron chi connectivity index (χ1n) is 9.43. The van der Waals surface area contributed by atoms with Crippen LogP contribution in [-0.4, -0.2) is 56.7 Å². The van der Waals surface area contributed by atoms with E-state index in [1.165, 1.54) is 23.5 Å². The highest BCUT2D eigenvalue weighted by molar-refractivity contribution is 7.13. The summed E-state index contributed by atoms with van der Waals surface area (Å²) in [5.41, 5.74) is 2.37. The van der Waals surface area contributed by atoms with Gasteiger partial charge in [0, 0.05) is 52.1 Å². The molecule has 0 amide bonds. The van der Waals surface area contributed by atoms with Gasteiger partial charge in [-0.2, -0.15) is 0 Å². The Morgan fingerprint density at radius 1 is 1.30 bits per heavy atom. The molecule has 7 heteroatoms. The predicted molar refractivity (Wildman–Crippen MR) is 113 cm³/mol. The first-order chi connectivity index (χ1) is 13.2. The molecule has 2 heterocycles. The predicted octanol–water partition coefficient (Wildman–Crippen LogP) is 3.00. The quantitative estimate of drug-likeness (QED) is 0.585. The van der Waals surface area contributed by atoms with Gasteiger partial charge in [-0.3, -0.25) is 4.99 Å². The zero-order chi connectivity index (χ0) is 19.1. The Morgan fingerprint density at radius 2 is 2.04 bits per heavy atom. The van der Waals surface area contributed by atoms with Gasteiger partial charge in [0.05, 0.1) is 12.8 Å². The Bertz CT molecular complexity index is 737. The average Bonchev–Trinajstić information content (AvgIpc) is 3.37. The van der Waals surface area contributed by atoms with Crippen molar-refractivity contribution < 1.29 is 4.74 Å². The number of thiazole rings is 1. The number of anilines is 1. The van der Waals surface area contributed by atoms with Crippen molar-refractivity contribution in [2.45, 2.75) is 25.8 Å². The second kappa shape index (κ2) is 9.60. The molecule has 146 valence electrons. The zero-order valence-electron chi connectivity index (χ0n) is 16.4. The van der Waals surface area contributed by atoms with Crippen LogP contribution in [0.25, 0.3) is 0 Å². The van der Waals surface area contributed by atoms with Crippen molar-refractivity contribution in [2.75, 3.05) is 45.7 Å². The Labute approximate surface area is 165 Å². The lowest BCUT2D eigenvalue weighted by atomic mass is 10.2. The summed E-state index contributed by atoms with van der Waals surface area (Å²) in [4.78, 5) is 13.7. The summed E-state index contributed by atoms with van der Waals surface area (Å²) >= 11 is 1.76. The third-order valence-corrected chi connectivity index (χ3v) is 5.68. The van der Waals surface area contributed by atoms with Crippen LogP contribution in [0, 0.1) is 0 Å². The number of hydrogen-bond donors (Lipinski definition) is 1. The maximum atomic E-state index is 5.21. The minimum absolute atomic E-state index is 0.791. The molecule has 2 aromatic rings. The Balaban J connectivity index is 1.46. The van der Waals surface area contributed by atoms with E-state index in [-0.39, 0.29) is 0 Å². The van der Waals surface area contributed by atoms with Gasteiger partial charge < -0.3 is 19.9 Å². The molecule has 0 saturated carbocycles. The van der Waals surface area contributed by atoms with Gasteiger partial charge in [0.1, 0.15) is 5.75 Å². The molecule has 1 N–H and O–H groups in total. The first kappa shape index (κ1) is 19.5. The Morgan fingerprint density at radius 3 is 2.70 bits per heavy atom. The van der Waals surface area contributed by atoms with Gasteiger partial charge in [-0.05, 0) is 30.5 Å². The topological polar surface area (TPSA) is 53.0 Å². The van der Waals surface area contributed by atoms with Crippen LogP contribution in [0.3, 0.4) is 0 Å². The van der Waals surface area contributed by atoms with Crippen molar-refractivity contribution in [1.82, 2.24) is 15.2 Å². The average molecular weight is 388 g/mol. The second-order valence-electron chi connectivity index (χ2n) is 6.74. The van der Waals surface area contributed by atoms with Gasteiger partial charge in [0.15, 0.2) is 11.1 Å². The molecule has 1 aliphatic rings. The maximum Gasteiger partial charge on any atom is 0.193 e. The molecule has 0 aliphatic carbocycles. The standard InChI is InChI=1S/C20H29N5OS/c1-21-19(24(2)14-16-6-8-18(26-3)9-7-16)22-11-10-17-15-27-20(23-17)25-12-4-5-13-25/h6-9,15H,4-5,10-14H2,1-3H3,(H,21,22). The fourth-order valence-electron chi connectivity index (χ4n) is 3.23. The first-order valence-corrected chi connectivity index (χ1v) is 10.3. The monoisotopic (exact) mass is 387 g/mol. The van der Waals surface area contributed by atoms with E-state index in [2.05, 4.69) is 37.6 Å². The third-order valence-electron chi connectivity index (χ3n) is 4.73. The van der Waals surface area contributed by atoms with Gasteiger partial charge in [-0.15, -0.1) is 11.3 Å². The van der Waals surface area contributed by atoms with Crippen LogP contribution in [-0.2, 0) is 13.0 Å². The summed E-state index contributed by atoms with van der Waals surface area (Å²) in [7, 11) is 5.55. The highest BCUT2D eigenvalue weighted by Gasteiger charge is 2.15. The van der Waals surface area contributed by atoms with Crippen LogP contribution in [0.2, 0.25) is 0 Å². The summed E-state index contributed by atoms with van der Waals surface area (Å²) in [6, 6.07) is 8.13. The Hall–Kier alpha value is -2.28. The Kier molecular flexibility index (Phi) is 6.92. The summed E-state index contributed by atoms with van der Waals surface area (Å²) in [5.74, 6) is 1.77. The number of nitrogens with one attached hydrogen (secondary N) is 1. The van der Waals surface area contributed by atoms with Crippen LogP contribution < -0.4 is 15.0 Å². The summed E-state index contributed by atoms with van der Waals surface area (Å²) in [5, 5.41) is 6.79. The fraction of sp³-hybridized carbons (Fsp3) is 0.500. The van der Waals surface area contributed by atoms with Crippen molar-refractivity contribution in [1.29, 1.82) is 0 Å². The largest absolute Gasteiger partial charge is 0.497 e. The van der Waals surface area contributed by atoms with Gasteiger partial charge >= 0.3 is 0 Å². The van der Waals surface area contributed by atoms with E-state index >= 15 is 0 Å². The number of methoxy groups -OCH3 is 1. The van der Waals surface area contributed by atoms with Gasteiger partial charge in [0.2, 0.25) is 0 Å². The highest BCUT2D eigenvalue weighted by atomic mass is 32.1. The number of benzene rings is 1. The van der Waals surface area contributed by atoms with Crippen LogP contribution in [0.4, 0.5) is 5.13 Å². The number of nitrogens with zero attached hydrogens (tertiary/aromatic N) is 4. The van der Waals surface area contributed by atoms with Gasteiger partial charge in [-0.1, -0.05) is 12.1 Å². The number of hydrogen-bond acceptors (Lipinski definition) is 5. The molecule has 0 atom stereocenters. The van der Waals surface area contributed by atoms with E-state index < -0.39 is 0 Å². The number of rotatable bonds is 7. The molecular weight excluding hydrogens is 358 g/mol. The molecular formula is C20H29N5OS. The van der Waals surface area contributed by atoms with E-state index in [1.807, 2.05) is 26.2 Å². The molecule has 27 heavy (non-hydrogen) atoms. The van der Waals surface area contributed by atoms with Gasteiger partial charge in [-0.25, -0.2) is 4.98 Å². The minimum Gasteiger partial charge on any atom is -0.497 e. The van der Waals surface area contributed by atoms with E-state index in [0.29, 0.717) is 0 Å². The van der Waals surface area contributed by atoms with Crippen LogP contribution in [0.5, 0.6) is 5.75 Å². The van der Waals surface area contributed by atoms with Crippen LogP contribution in [0.1, 0.15) is 24.1 Å². The van der Waals surface area contributed by atoms with Gasteiger partial charge in [0.25, 0.3) is 0 Å². The number of aromatic nitrogens is 1. The smallest absolute Gasteiger partial charge is 0.193 e. The lowest BCUT2D eigenvalue weighted by Crippen LogP contribution is -2.39. The number of aliphatic imine (C=N–C) groups is 1. The van der Waals surface area contributed by atoms with Crippen molar-refractivity contribution in [3.8, 4) is 5.75 Å². The van der Waals surface area contributed by atoms with Crippen molar-refractivity contribution >= 4 is 22.4 Å². The highest BCUT2D eigenvalue weighted by Crippen LogP contribution is 2.24. The minimum atomic E-state index is 0.791. The molecule has 1 saturated heterocycles. The van der Waals surface area contributed by atoms with Crippen LogP contribution >= 0.6 is 11.3 Å². The third kappa shape index (κ3) is 5.35. The molecule has 1 aromatic carbocycles. The molecule has 1 aromatic heterocycles. The van der Waals surface area contributed by atoms with E-state index in [9.17, 15) is 0 Å². The lowest BCUT2D eigenvalue weighted by Gasteiger charge is -2.22. The molecule has 0 spiro atoms. The van der Waals surface area contributed by atoms with Crippen LogP contribution in [0.15, 0.2) is 34.6 Å². The molecule has 0 radical (unpaired) electrons. The zero-order valence-corrected chi connectivity index (χ0v) is 17.3. The summed E-state index contributed by atoms with van der Waals surface area (Å²) < 4.78 is 5.21. The van der Waals surface area contributed by atoms with Crippen molar-refractivity contribution in [3.05, 3.63) is 40.9 Å². The second-order valence-corrected chi connectivity index (χ2v) is 7.58. The fourth-order valence-corrected chi connectivity index (χ4v) is 4.15. The number of guanidine groups is 1. The molecule has 0 unspecified atom stereocenters. The molecule has 3 rings (SSSR count). The summed E-state index contributed by atoms with van der Waals surface area (Å²) in [6.07, 6.45) is 3.47. The summed E-state index contributed by atoms with van der Waals surface area (Å²) in [6.45, 7) is 3.91. The lowest BCUT2D eigenvalue weighted by molar-refractivity contribution is 0.414. The van der Waals surface area contributed by atoms with E-state index in [4.69, 9.17) is 9.72 Å². The SMILES string of the molecule is CN=C(NCCc1csc(N2CCCC2)n1)N(C)Cc1ccc(OC)cc1. The molecule has 1 aliphatic heterocycles. The van der Waals surface area contributed by atoms with Crippen molar-refractivity contribution in [3.63, 3.8) is 0 Å². The normalized spacial score (nSPS) is 14.5. The molecule has 0 bridgehead atoms. The maximum absolute atomic E-state index is 5.21.